The molecule has 1 fully saturated rings. The van der Waals surface area contributed by atoms with E-state index in [0.29, 0.717) is 37.7 Å². The largest absolute Gasteiger partial charge is 0.492 e. The summed E-state index contributed by atoms with van der Waals surface area (Å²) in [6, 6.07) is 4.57. The number of nitrogens with zero attached hydrogens (tertiary/aromatic N) is 1. The molecule has 0 radical (unpaired) electrons. The van der Waals surface area contributed by atoms with Crippen LogP contribution in [0.2, 0.25) is 0 Å². The van der Waals surface area contributed by atoms with Crippen LogP contribution in [0.15, 0.2) is 23.1 Å². The number of ether oxygens (including phenoxy) is 1. The number of hydrogen-bond donors (Lipinski definition) is 2. The number of sulfonamides is 1. The lowest BCUT2D eigenvalue weighted by atomic mass is 10.1. The van der Waals surface area contributed by atoms with Crippen LogP contribution in [0.4, 0.5) is 5.69 Å². The van der Waals surface area contributed by atoms with Gasteiger partial charge in [-0.2, -0.15) is 4.31 Å². The zero-order chi connectivity index (χ0) is 22.1. The molecule has 1 aliphatic heterocycles. The zero-order valence-electron chi connectivity index (χ0n) is 18.1. The minimum Gasteiger partial charge on any atom is -0.492 e. The molecule has 2 amide bonds. The lowest BCUT2D eigenvalue weighted by molar-refractivity contribution is -0.124. The predicted molar refractivity (Wildman–Crippen MR) is 116 cm³/mol. The Labute approximate surface area is 179 Å². The molecule has 168 valence electrons. The smallest absolute Gasteiger partial charge is 0.246 e. The molecular weight excluding hydrogens is 406 g/mol. The second kappa shape index (κ2) is 11.3. The lowest BCUT2D eigenvalue weighted by Gasteiger charge is -2.27. The number of hydrogen-bond acceptors (Lipinski definition) is 5. The van der Waals surface area contributed by atoms with Crippen molar-refractivity contribution in [2.45, 2.75) is 57.8 Å². The summed E-state index contributed by atoms with van der Waals surface area (Å²) in [7, 11) is -3.73. The fraction of sp³-hybridized carbons (Fsp3) is 0.619. The first-order valence-corrected chi connectivity index (χ1v) is 12.0. The second-order valence-corrected chi connectivity index (χ2v) is 9.72. The van der Waals surface area contributed by atoms with Crippen LogP contribution in [0, 0.1) is 5.92 Å². The molecule has 1 heterocycles. The molecule has 9 heteroatoms. The van der Waals surface area contributed by atoms with Crippen LogP contribution in [-0.2, 0) is 19.6 Å². The summed E-state index contributed by atoms with van der Waals surface area (Å²) in [5.41, 5.74) is 0.343. The van der Waals surface area contributed by atoms with E-state index in [1.807, 2.05) is 13.8 Å². The minimum atomic E-state index is -3.73. The van der Waals surface area contributed by atoms with E-state index in [4.69, 9.17) is 4.74 Å². The molecule has 1 aromatic rings. The van der Waals surface area contributed by atoms with Crippen LogP contribution in [0.1, 0.15) is 52.9 Å². The van der Waals surface area contributed by atoms with E-state index >= 15 is 0 Å². The van der Waals surface area contributed by atoms with Gasteiger partial charge in [0.05, 0.1) is 13.2 Å². The van der Waals surface area contributed by atoms with Gasteiger partial charge in [0.2, 0.25) is 21.8 Å². The Morgan fingerprint density at radius 3 is 2.47 bits per heavy atom. The summed E-state index contributed by atoms with van der Waals surface area (Å²) in [6.07, 6.45) is 3.80. The maximum Gasteiger partial charge on any atom is 0.246 e. The van der Waals surface area contributed by atoms with Crippen molar-refractivity contribution in [3.8, 4) is 5.75 Å². The summed E-state index contributed by atoms with van der Waals surface area (Å²) in [5.74, 6) is 0.0778. The molecule has 1 aromatic carbocycles. The molecule has 2 rings (SSSR count). The van der Waals surface area contributed by atoms with Crippen molar-refractivity contribution in [1.29, 1.82) is 0 Å². The normalized spacial score (nSPS) is 15.1. The van der Waals surface area contributed by atoms with Gasteiger partial charge < -0.3 is 15.4 Å². The van der Waals surface area contributed by atoms with Crippen LogP contribution in [0.25, 0.3) is 0 Å². The number of amides is 2. The van der Waals surface area contributed by atoms with Crippen LogP contribution in [-0.4, -0.2) is 50.8 Å². The third-order valence-electron chi connectivity index (χ3n) is 4.86. The first-order valence-electron chi connectivity index (χ1n) is 10.6. The van der Waals surface area contributed by atoms with Gasteiger partial charge in [0, 0.05) is 25.2 Å². The van der Waals surface area contributed by atoms with Crippen LogP contribution in [0.5, 0.6) is 5.75 Å². The number of piperidine rings is 1. The Balaban J connectivity index is 2.09. The molecule has 8 nitrogen and oxygen atoms in total. The Kier molecular flexibility index (Phi) is 9.10. The number of benzene rings is 1. The van der Waals surface area contributed by atoms with Gasteiger partial charge in [0.1, 0.15) is 10.6 Å². The Hall–Kier alpha value is -2.13. The van der Waals surface area contributed by atoms with E-state index in [2.05, 4.69) is 10.6 Å². The molecule has 1 saturated heterocycles. The summed E-state index contributed by atoms with van der Waals surface area (Å²) in [5, 5.41) is 5.24. The van der Waals surface area contributed by atoms with Gasteiger partial charge in [-0.25, -0.2) is 8.42 Å². The Morgan fingerprint density at radius 2 is 1.83 bits per heavy atom. The van der Waals surface area contributed by atoms with E-state index in [1.165, 1.54) is 10.4 Å². The molecule has 0 unspecified atom stereocenters. The number of rotatable bonds is 10. The highest BCUT2D eigenvalue weighted by Gasteiger charge is 2.29. The SMILES string of the molecule is CCOc1ccc(NC(=O)CNC(=O)CCC(C)C)cc1S(=O)(=O)N1CCCCC1. The van der Waals surface area contributed by atoms with Gasteiger partial charge in [-0.1, -0.05) is 20.3 Å². The van der Waals surface area contributed by atoms with Crippen molar-refractivity contribution in [3.63, 3.8) is 0 Å². The fourth-order valence-electron chi connectivity index (χ4n) is 3.20. The predicted octanol–water partition coefficient (Wildman–Crippen LogP) is 2.75. The van der Waals surface area contributed by atoms with Gasteiger partial charge >= 0.3 is 0 Å². The Bertz CT molecular complexity index is 833. The van der Waals surface area contributed by atoms with Gasteiger partial charge in [0.25, 0.3) is 0 Å². The minimum absolute atomic E-state index is 0.0463. The van der Waals surface area contributed by atoms with Crippen molar-refractivity contribution >= 4 is 27.5 Å². The highest BCUT2D eigenvalue weighted by Crippen LogP contribution is 2.31. The highest BCUT2D eigenvalue weighted by molar-refractivity contribution is 7.89. The first kappa shape index (κ1) is 24.1. The van der Waals surface area contributed by atoms with E-state index in [1.54, 1.807) is 19.1 Å². The molecule has 30 heavy (non-hydrogen) atoms. The summed E-state index contributed by atoms with van der Waals surface area (Å²) < 4.78 is 33.3. The average molecular weight is 440 g/mol. The summed E-state index contributed by atoms with van der Waals surface area (Å²) >= 11 is 0. The maximum absolute atomic E-state index is 13.1. The molecule has 0 atom stereocenters. The number of carbonyl (C=O) groups excluding carboxylic acids is 2. The van der Waals surface area contributed by atoms with Crippen LogP contribution < -0.4 is 15.4 Å². The van der Waals surface area contributed by atoms with Gasteiger partial charge in [-0.05, 0) is 50.3 Å². The third kappa shape index (κ3) is 6.98. The van der Waals surface area contributed by atoms with Crippen LogP contribution >= 0.6 is 0 Å². The Morgan fingerprint density at radius 1 is 1.13 bits per heavy atom. The zero-order valence-corrected chi connectivity index (χ0v) is 18.9. The molecule has 0 bridgehead atoms. The van der Waals surface area contributed by atoms with E-state index in [9.17, 15) is 18.0 Å². The lowest BCUT2D eigenvalue weighted by Crippen LogP contribution is -2.36. The monoisotopic (exact) mass is 439 g/mol. The van der Waals surface area contributed by atoms with Gasteiger partial charge in [0.15, 0.2) is 0 Å². The molecule has 0 spiro atoms. The molecule has 1 aliphatic rings. The van der Waals surface area contributed by atoms with Gasteiger partial charge in [-0.3, -0.25) is 9.59 Å². The molecule has 0 saturated carbocycles. The van der Waals surface area contributed by atoms with Crippen molar-refractivity contribution in [3.05, 3.63) is 18.2 Å². The van der Waals surface area contributed by atoms with E-state index < -0.39 is 15.9 Å². The topological polar surface area (TPSA) is 105 Å². The number of carbonyl (C=O) groups is 2. The molecular formula is C21H33N3O5S. The van der Waals surface area contributed by atoms with Crippen LogP contribution in [0.3, 0.4) is 0 Å². The van der Waals surface area contributed by atoms with E-state index in [0.717, 1.165) is 25.7 Å². The average Bonchev–Trinajstić information content (AvgIpc) is 2.72. The standard InChI is InChI=1S/C21H33N3O5S/c1-4-29-18-10-9-17(23-21(26)15-22-20(25)11-8-16(2)3)14-19(18)30(27,28)24-12-6-5-7-13-24/h9-10,14,16H,4-8,11-13,15H2,1-3H3,(H,22,25)(H,23,26). The summed E-state index contributed by atoms with van der Waals surface area (Å²) in [6.45, 7) is 6.96. The van der Waals surface area contributed by atoms with Gasteiger partial charge in [-0.15, -0.1) is 0 Å². The first-order chi connectivity index (χ1) is 14.2. The molecule has 0 aliphatic carbocycles. The maximum atomic E-state index is 13.1. The quantitative estimate of drug-likeness (QED) is 0.583. The second-order valence-electron chi connectivity index (χ2n) is 7.82. The van der Waals surface area contributed by atoms with E-state index in [-0.39, 0.29) is 23.1 Å². The van der Waals surface area contributed by atoms with Crippen molar-refractivity contribution in [2.75, 3.05) is 31.6 Å². The van der Waals surface area contributed by atoms with Crippen molar-refractivity contribution in [2.24, 2.45) is 5.92 Å². The fourth-order valence-corrected chi connectivity index (χ4v) is 4.87. The highest BCUT2D eigenvalue weighted by atomic mass is 32.2. The molecule has 0 aromatic heterocycles. The summed E-state index contributed by atoms with van der Waals surface area (Å²) in [4.78, 5) is 24.0. The number of nitrogens with one attached hydrogen (secondary N) is 2. The number of anilines is 1. The van der Waals surface area contributed by atoms with Crippen molar-refractivity contribution in [1.82, 2.24) is 9.62 Å². The molecule has 2 N–H and O–H groups in total. The third-order valence-corrected chi connectivity index (χ3v) is 6.77. The van der Waals surface area contributed by atoms with Crippen molar-refractivity contribution < 1.29 is 22.7 Å².